The van der Waals surface area contributed by atoms with Crippen molar-refractivity contribution in [2.45, 2.75) is 38.1 Å². The van der Waals surface area contributed by atoms with Gasteiger partial charge in [0.15, 0.2) is 0 Å². The molecule has 1 saturated heterocycles. The Hall–Kier alpha value is -1.63. The first-order valence-corrected chi connectivity index (χ1v) is 6.59. The van der Waals surface area contributed by atoms with Crippen LogP contribution in [0, 0.1) is 5.82 Å². The van der Waals surface area contributed by atoms with E-state index in [1.807, 2.05) is 0 Å². The summed E-state index contributed by atoms with van der Waals surface area (Å²) < 4.78 is 57.0. The van der Waals surface area contributed by atoms with E-state index in [-0.39, 0.29) is 6.10 Å². The number of rotatable bonds is 3. The first-order chi connectivity index (χ1) is 9.80. The third-order valence-electron chi connectivity index (χ3n) is 3.43. The quantitative estimate of drug-likeness (QED) is 0.871. The van der Waals surface area contributed by atoms with E-state index < -0.39 is 35.1 Å². The molecule has 0 radical (unpaired) electrons. The SMILES string of the molecule is CC(NC(=O)c1cccc(C(F)(F)F)c1F)C1CCCO1. The molecule has 2 unspecified atom stereocenters. The van der Waals surface area contributed by atoms with Crippen LogP contribution in [0.15, 0.2) is 18.2 Å². The lowest BCUT2D eigenvalue weighted by atomic mass is 10.1. The van der Waals surface area contributed by atoms with Crippen molar-refractivity contribution >= 4 is 5.91 Å². The van der Waals surface area contributed by atoms with Crippen molar-refractivity contribution in [1.82, 2.24) is 5.32 Å². The highest BCUT2D eigenvalue weighted by atomic mass is 19.4. The Labute approximate surface area is 119 Å². The molecule has 2 atom stereocenters. The van der Waals surface area contributed by atoms with E-state index in [1.54, 1.807) is 6.92 Å². The molecule has 0 saturated carbocycles. The van der Waals surface area contributed by atoms with Gasteiger partial charge in [-0.1, -0.05) is 6.07 Å². The summed E-state index contributed by atoms with van der Waals surface area (Å²) in [5.74, 6) is -2.43. The topological polar surface area (TPSA) is 38.3 Å². The number of carbonyl (C=O) groups excluding carboxylic acids is 1. The Morgan fingerprint density at radius 1 is 1.43 bits per heavy atom. The monoisotopic (exact) mass is 305 g/mol. The molecular formula is C14H15F4NO2. The zero-order chi connectivity index (χ0) is 15.6. The van der Waals surface area contributed by atoms with Gasteiger partial charge in [-0.25, -0.2) is 4.39 Å². The molecule has 2 rings (SSSR count). The first kappa shape index (κ1) is 15.8. The van der Waals surface area contributed by atoms with Crippen LogP contribution in [0.4, 0.5) is 17.6 Å². The number of benzene rings is 1. The molecule has 21 heavy (non-hydrogen) atoms. The van der Waals surface area contributed by atoms with Crippen LogP contribution in [0.3, 0.4) is 0 Å². The Kier molecular flexibility index (Phi) is 4.51. The van der Waals surface area contributed by atoms with Crippen LogP contribution in [0.1, 0.15) is 35.7 Å². The van der Waals surface area contributed by atoms with Crippen molar-refractivity contribution in [2.24, 2.45) is 0 Å². The normalized spacial score (nSPS) is 20.3. The fourth-order valence-electron chi connectivity index (χ4n) is 2.30. The Morgan fingerprint density at radius 3 is 2.71 bits per heavy atom. The van der Waals surface area contributed by atoms with E-state index in [0.717, 1.165) is 25.0 Å². The van der Waals surface area contributed by atoms with Gasteiger partial charge in [0.1, 0.15) is 5.82 Å². The van der Waals surface area contributed by atoms with Crippen LogP contribution in [0.2, 0.25) is 0 Å². The van der Waals surface area contributed by atoms with Gasteiger partial charge in [0.25, 0.3) is 5.91 Å². The van der Waals surface area contributed by atoms with Gasteiger partial charge in [-0.15, -0.1) is 0 Å². The molecule has 1 N–H and O–H groups in total. The summed E-state index contributed by atoms with van der Waals surface area (Å²) in [4.78, 5) is 11.9. The standard InChI is InChI=1S/C14H15F4NO2/c1-8(11-6-3-7-21-11)19-13(20)9-4-2-5-10(12(9)15)14(16,17)18/h2,4-5,8,11H,3,6-7H2,1H3,(H,19,20). The molecular weight excluding hydrogens is 290 g/mol. The lowest BCUT2D eigenvalue weighted by Gasteiger charge is -2.20. The van der Waals surface area contributed by atoms with Gasteiger partial charge in [0, 0.05) is 6.61 Å². The summed E-state index contributed by atoms with van der Waals surface area (Å²) in [6.45, 7) is 2.27. The van der Waals surface area contributed by atoms with Crippen molar-refractivity contribution in [1.29, 1.82) is 0 Å². The third-order valence-corrected chi connectivity index (χ3v) is 3.43. The number of amides is 1. The molecule has 1 aliphatic heterocycles. The lowest BCUT2D eigenvalue weighted by molar-refractivity contribution is -0.140. The maximum Gasteiger partial charge on any atom is 0.419 e. The maximum atomic E-state index is 13.8. The van der Waals surface area contributed by atoms with Gasteiger partial charge in [-0.2, -0.15) is 13.2 Å². The average Bonchev–Trinajstić information content (AvgIpc) is 2.91. The van der Waals surface area contributed by atoms with Crippen LogP contribution in [0.5, 0.6) is 0 Å². The Bertz CT molecular complexity index is 524. The minimum absolute atomic E-state index is 0.192. The van der Waals surface area contributed by atoms with E-state index in [9.17, 15) is 22.4 Å². The fraction of sp³-hybridized carbons (Fsp3) is 0.500. The van der Waals surface area contributed by atoms with Crippen LogP contribution < -0.4 is 5.32 Å². The van der Waals surface area contributed by atoms with E-state index in [0.29, 0.717) is 12.7 Å². The molecule has 1 aromatic carbocycles. The molecule has 1 fully saturated rings. The van der Waals surface area contributed by atoms with Crippen molar-refractivity contribution in [3.8, 4) is 0 Å². The zero-order valence-corrected chi connectivity index (χ0v) is 11.3. The van der Waals surface area contributed by atoms with E-state index in [2.05, 4.69) is 5.32 Å². The van der Waals surface area contributed by atoms with Gasteiger partial charge in [-0.05, 0) is 31.9 Å². The number of halogens is 4. The van der Waals surface area contributed by atoms with E-state index in [4.69, 9.17) is 4.74 Å². The van der Waals surface area contributed by atoms with Crippen LogP contribution >= 0.6 is 0 Å². The number of hydrogen-bond acceptors (Lipinski definition) is 2. The highest BCUT2D eigenvalue weighted by Crippen LogP contribution is 2.32. The van der Waals surface area contributed by atoms with Gasteiger partial charge in [0.2, 0.25) is 0 Å². The molecule has 0 spiro atoms. The molecule has 1 amide bonds. The predicted molar refractivity (Wildman–Crippen MR) is 67.3 cm³/mol. The summed E-state index contributed by atoms with van der Waals surface area (Å²) in [6.07, 6.45) is -3.40. The van der Waals surface area contributed by atoms with Crippen molar-refractivity contribution in [3.05, 3.63) is 35.1 Å². The molecule has 0 aliphatic carbocycles. The van der Waals surface area contributed by atoms with Gasteiger partial charge in [-0.3, -0.25) is 4.79 Å². The summed E-state index contributed by atoms with van der Waals surface area (Å²) in [5.41, 5.74) is -2.06. The average molecular weight is 305 g/mol. The van der Waals surface area contributed by atoms with E-state index in [1.165, 1.54) is 0 Å². The predicted octanol–water partition coefficient (Wildman–Crippen LogP) is 3.14. The molecule has 7 heteroatoms. The van der Waals surface area contributed by atoms with Crippen LogP contribution in [0.25, 0.3) is 0 Å². The second kappa shape index (κ2) is 6.01. The molecule has 1 aliphatic rings. The number of hydrogen-bond donors (Lipinski definition) is 1. The molecule has 1 aromatic rings. The molecule has 1 heterocycles. The maximum absolute atomic E-state index is 13.8. The zero-order valence-electron chi connectivity index (χ0n) is 11.3. The number of alkyl halides is 3. The van der Waals surface area contributed by atoms with Gasteiger partial charge < -0.3 is 10.1 Å². The van der Waals surface area contributed by atoms with Crippen molar-refractivity contribution in [3.63, 3.8) is 0 Å². The van der Waals surface area contributed by atoms with Crippen molar-refractivity contribution < 1.29 is 27.1 Å². The second-order valence-corrected chi connectivity index (χ2v) is 4.98. The number of nitrogens with one attached hydrogen (secondary N) is 1. The number of ether oxygens (including phenoxy) is 1. The summed E-state index contributed by atoms with van der Waals surface area (Å²) in [6, 6.07) is 2.25. The largest absolute Gasteiger partial charge is 0.419 e. The second-order valence-electron chi connectivity index (χ2n) is 4.98. The van der Waals surface area contributed by atoms with Gasteiger partial charge >= 0.3 is 6.18 Å². The van der Waals surface area contributed by atoms with Crippen LogP contribution in [-0.4, -0.2) is 24.7 Å². The fourth-order valence-corrected chi connectivity index (χ4v) is 2.30. The number of carbonyl (C=O) groups is 1. The highest BCUT2D eigenvalue weighted by molar-refractivity contribution is 5.94. The van der Waals surface area contributed by atoms with Crippen LogP contribution in [-0.2, 0) is 10.9 Å². The van der Waals surface area contributed by atoms with Gasteiger partial charge in [0.05, 0.1) is 23.3 Å². The summed E-state index contributed by atoms with van der Waals surface area (Å²) in [5, 5.41) is 2.49. The lowest BCUT2D eigenvalue weighted by Crippen LogP contribution is -2.41. The molecule has 0 bridgehead atoms. The van der Waals surface area contributed by atoms with E-state index >= 15 is 0 Å². The minimum Gasteiger partial charge on any atom is -0.376 e. The molecule has 0 aromatic heterocycles. The summed E-state index contributed by atoms with van der Waals surface area (Å²) in [7, 11) is 0. The molecule has 3 nitrogen and oxygen atoms in total. The minimum atomic E-state index is -4.83. The Morgan fingerprint density at radius 2 is 2.14 bits per heavy atom. The highest BCUT2D eigenvalue weighted by Gasteiger charge is 2.36. The Balaban J connectivity index is 2.16. The third kappa shape index (κ3) is 3.53. The van der Waals surface area contributed by atoms with Crippen molar-refractivity contribution in [2.75, 3.05) is 6.61 Å². The summed E-state index contributed by atoms with van der Waals surface area (Å²) >= 11 is 0. The first-order valence-electron chi connectivity index (χ1n) is 6.59. The molecule has 116 valence electrons. The smallest absolute Gasteiger partial charge is 0.376 e.